The third-order valence-corrected chi connectivity index (χ3v) is 6.06. The van der Waals surface area contributed by atoms with Crippen LogP contribution in [0.2, 0.25) is 0 Å². The minimum atomic E-state index is -2.94. The number of rotatable bonds is 11. The van der Waals surface area contributed by atoms with Crippen LogP contribution in [-0.2, 0) is 17.9 Å². The molecule has 0 aliphatic heterocycles. The lowest BCUT2D eigenvalue weighted by atomic mass is 10.1. The molecule has 0 aliphatic rings. The van der Waals surface area contributed by atoms with Gasteiger partial charge in [-0.1, -0.05) is 42.1 Å². The molecule has 0 atom stereocenters. The van der Waals surface area contributed by atoms with Gasteiger partial charge in [-0.3, -0.25) is 4.79 Å². The Morgan fingerprint density at radius 2 is 1.91 bits per heavy atom. The first-order chi connectivity index (χ1) is 16.3. The van der Waals surface area contributed by atoms with Crippen LogP contribution in [-0.4, -0.2) is 51.6 Å². The Hall–Kier alpha value is -3.14. The second-order valence-electron chi connectivity index (χ2n) is 7.50. The van der Waals surface area contributed by atoms with E-state index >= 15 is 0 Å². The predicted molar refractivity (Wildman–Crippen MR) is 127 cm³/mol. The van der Waals surface area contributed by atoms with E-state index < -0.39 is 6.61 Å². The Balaban J connectivity index is 1.66. The third-order valence-electron chi connectivity index (χ3n) is 5.11. The zero-order chi connectivity index (χ0) is 24.7. The van der Waals surface area contributed by atoms with E-state index in [2.05, 4.69) is 14.9 Å². The second kappa shape index (κ2) is 11.8. The maximum atomic E-state index is 12.8. The highest BCUT2D eigenvalue weighted by Gasteiger charge is 2.18. The minimum Gasteiger partial charge on any atom is -0.490 e. The van der Waals surface area contributed by atoms with E-state index in [4.69, 9.17) is 4.74 Å². The third kappa shape index (κ3) is 6.25. The van der Waals surface area contributed by atoms with Crippen molar-refractivity contribution in [2.45, 2.75) is 45.6 Å². The fourth-order valence-electron chi connectivity index (χ4n) is 3.41. The number of aromatic nitrogens is 3. The van der Waals surface area contributed by atoms with Gasteiger partial charge in [0.2, 0.25) is 5.91 Å². The molecular weight excluding hydrogens is 462 g/mol. The van der Waals surface area contributed by atoms with E-state index in [-0.39, 0.29) is 23.2 Å². The lowest BCUT2D eigenvalue weighted by molar-refractivity contribution is -0.127. The number of ether oxygens (including phenoxy) is 2. The van der Waals surface area contributed by atoms with Gasteiger partial charge in [-0.15, -0.1) is 10.2 Å². The lowest BCUT2D eigenvalue weighted by Crippen LogP contribution is -2.28. The molecule has 1 aromatic heterocycles. The number of alkyl halides is 2. The van der Waals surface area contributed by atoms with E-state index in [1.807, 2.05) is 42.7 Å². The molecule has 1 amide bonds. The summed E-state index contributed by atoms with van der Waals surface area (Å²) in [5.41, 5.74) is 2.86. The number of thioether (sulfide) groups is 1. The Kier molecular flexibility index (Phi) is 8.86. The van der Waals surface area contributed by atoms with Gasteiger partial charge in [0.15, 0.2) is 22.5 Å². The van der Waals surface area contributed by atoms with Gasteiger partial charge in [-0.25, -0.2) is 0 Å². The van der Waals surface area contributed by atoms with Gasteiger partial charge in [-0.05, 0) is 44.0 Å². The Bertz CT molecular complexity index is 1120. The van der Waals surface area contributed by atoms with E-state index in [9.17, 15) is 13.6 Å². The normalized spacial score (nSPS) is 11.0. The maximum Gasteiger partial charge on any atom is 0.387 e. The highest BCUT2D eigenvalue weighted by Crippen LogP contribution is 2.30. The summed E-state index contributed by atoms with van der Waals surface area (Å²) in [5, 5.41) is 9.33. The van der Waals surface area contributed by atoms with E-state index in [0.29, 0.717) is 24.9 Å². The quantitative estimate of drug-likeness (QED) is 0.352. The highest BCUT2D eigenvalue weighted by molar-refractivity contribution is 7.99. The standard InChI is InChI=1S/C24H28F2N4O3S/c1-5-30-22(18-10-8-7-9-16(18)3)27-28-24(30)34-15-21(31)29(4)14-17-11-12-19(33-23(25)26)20(13-17)32-6-2/h7-13,23H,5-6,14-15H2,1-4H3. The highest BCUT2D eigenvalue weighted by atomic mass is 32.2. The van der Waals surface area contributed by atoms with Gasteiger partial charge in [-0.2, -0.15) is 8.78 Å². The summed E-state index contributed by atoms with van der Waals surface area (Å²) in [7, 11) is 1.69. The van der Waals surface area contributed by atoms with Crippen LogP contribution < -0.4 is 9.47 Å². The number of halogens is 2. The number of hydrogen-bond acceptors (Lipinski definition) is 6. The molecule has 0 aliphatic carbocycles. The average Bonchev–Trinajstić information content (AvgIpc) is 3.22. The summed E-state index contributed by atoms with van der Waals surface area (Å²) in [6, 6.07) is 12.7. The van der Waals surface area contributed by atoms with E-state index in [1.165, 1.54) is 17.8 Å². The Labute approximate surface area is 202 Å². The van der Waals surface area contributed by atoms with Crippen LogP contribution in [0.4, 0.5) is 8.78 Å². The minimum absolute atomic E-state index is 0.0338. The van der Waals surface area contributed by atoms with E-state index in [1.54, 1.807) is 31.0 Å². The van der Waals surface area contributed by atoms with Gasteiger partial charge in [0.05, 0.1) is 12.4 Å². The van der Waals surface area contributed by atoms with Crippen LogP contribution in [0.25, 0.3) is 11.4 Å². The van der Waals surface area contributed by atoms with Crippen LogP contribution in [0.15, 0.2) is 47.6 Å². The summed E-state index contributed by atoms with van der Waals surface area (Å²) >= 11 is 1.33. The average molecular weight is 491 g/mol. The smallest absolute Gasteiger partial charge is 0.387 e. The Morgan fingerprint density at radius 3 is 2.59 bits per heavy atom. The number of amides is 1. The van der Waals surface area contributed by atoms with Crippen LogP contribution >= 0.6 is 11.8 Å². The molecule has 7 nitrogen and oxygen atoms in total. The van der Waals surface area contributed by atoms with Crippen molar-refractivity contribution in [3.05, 3.63) is 53.6 Å². The molecule has 0 N–H and O–H groups in total. The largest absolute Gasteiger partial charge is 0.490 e. The number of hydrogen-bond donors (Lipinski definition) is 0. The summed E-state index contributed by atoms with van der Waals surface area (Å²) in [6.07, 6.45) is 0. The molecule has 34 heavy (non-hydrogen) atoms. The molecule has 182 valence electrons. The first kappa shape index (κ1) is 25.5. The molecule has 0 spiro atoms. The second-order valence-corrected chi connectivity index (χ2v) is 8.44. The maximum absolute atomic E-state index is 12.8. The van der Waals surface area contributed by atoms with Crippen LogP contribution in [0, 0.1) is 6.92 Å². The van der Waals surface area contributed by atoms with Gasteiger partial charge in [0, 0.05) is 25.7 Å². The molecule has 10 heteroatoms. The molecule has 3 aromatic rings. The zero-order valence-corrected chi connectivity index (χ0v) is 20.4. The zero-order valence-electron chi connectivity index (χ0n) is 19.6. The number of benzene rings is 2. The molecule has 0 fully saturated rings. The van der Waals surface area contributed by atoms with Gasteiger partial charge < -0.3 is 18.9 Å². The monoisotopic (exact) mass is 490 g/mol. The van der Waals surface area contributed by atoms with Crippen molar-refractivity contribution in [1.29, 1.82) is 0 Å². The first-order valence-corrected chi connectivity index (χ1v) is 11.9. The summed E-state index contributed by atoms with van der Waals surface area (Å²) in [5.74, 6) is 1.05. The summed E-state index contributed by atoms with van der Waals surface area (Å²) < 4.78 is 37.1. The van der Waals surface area contributed by atoms with Gasteiger partial charge in [0.1, 0.15) is 0 Å². The SMILES string of the molecule is CCOc1cc(CN(C)C(=O)CSc2nnc(-c3ccccc3C)n2CC)ccc1OC(F)F. The molecule has 0 saturated carbocycles. The van der Waals surface area contributed by atoms with Crippen molar-refractivity contribution < 1.29 is 23.0 Å². The van der Waals surface area contributed by atoms with Crippen molar-refractivity contribution in [2.24, 2.45) is 0 Å². The van der Waals surface area contributed by atoms with Crippen molar-refractivity contribution in [2.75, 3.05) is 19.4 Å². The molecule has 2 aromatic carbocycles. The van der Waals surface area contributed by atoms with Crippen LogP contribution in [0.5, 0.6) is 11.5 Å². The van der Waals surface area contributed by atoms with Crippen molar-refractivity contribution in [3.63, 3.8) is 0 Å². The van der Waals surface area contributed by atoms with Crippen molar-refractivity contribution in [3.8, 4) is 22.9 Å². The van der Waals surface area contributed by atoms with Crippen molar-refractivity contribution in [1.82, 2.24) is 19.7 Å². The molecule has 1 heterocycles. The first-order valence-electron chi connectivity index (χ1n) is 10.9. The fourth-order valence-corrected chi connectivity index (χ4v) is 4.36. The molecule has 0 radical (unpaired) electrons. The Morgan fingerprint density at radius 1 is 1.15 bits per heavy atom. The number of carbonyl (C=O) groups is 1. The van der Waals surface area contributed by atoms with Crippen LogP contribution in [0.1, 0.15) is 25.0 Å². The molecule has 0 unspecified atom stereocenters. The predicted octanol–water partition coefficient (Wildman–Crippen LogP) is 5.02. The number of nitrogens with zero attached hydrogens (tertiary/aromatic N) is 4. The molecular formula is C24H28F2N4O3S. The van der Waals surface area contributed by atoms with Gasteiger partial charge in [0.25, 0.3) is 0 Å². The summed E-state index contributed by atoms with van der Waals surface area (Å²) in [4.78, 5) is 14.3. The lowest BCUT2D eigenvalue weighted by Gasteiger charge is -2.19. The molecule has 0 saturated heterocycles. The molecule has 3 rings (SSSR count). The fraction of sp³-hybridized carbons (Fsp3) is 0.375. The van der Waals surface area contributed by atoms with E-state index in [0.717, 1.165) is 22.5 Å². The summed E-state index contributed by atoms with van der Waals surface area (Å²) in [6.45, 7) is 4.13. The number of carbonyl (C=O) groups excluding carboxylic acids is 1. The van der Waals surface area contributed by atoms with Gasteiger partial charge >= 0.3 is 6.61 Å². The topological polar surface area (TPSA) is 69.5 Å². The molecule has 0 bridgehead atoms. The van der Waals surface area contributed by atoms with Crippen LogP contribution in [0.3, 0.4) is 0 Å². The number of aryl methyl sites for hydroxylation is 1. The van der Waals surface area contributed by atoms with Crippen molar-refractivity contribution >= 4 is 17.7 Å².